The van der Waals surface area contributed by atoms with Crippen LogP contribution < -0.4 is 16.2 Å². The summed E-state index contributed by atoms with van der Waals surface area (Å²) in [4.78, 5) is 38.7. The third-order valence-corrected chi connectivity index (χ3v) is 3.47. The topological polar surface area (TPSA) is 112 Å². The first-order valence-corrected chi connectivity index (χ1v) is 8.26. The predicted molar refractivity (Wildman–Crippen MR) is 97.1 cm³/mol. The van der Waals surface area contributed by atoms with E-state index in [9.17, 15) is 14.4 Å². The molecule has 0 aliphatic rings. The van der Waals surface area contributed by atoms with Gasteiger partial charge in [-0.05, 0) is 32.4 Å². The standard InChI is InChI=1S/C18H24N4O4/c1-11(23)21-22-16(24)15(20-17(25)26-18(2,3)4)9-12-10-19-14-8-6-5-7-13(12)14/h5-8,10,15,19H,9H2,1-4H3,(H,20,25)(H,21,23)(H,22,24). The fraction of sp³-hybridized carbons (Fsp3) is 0.389. The number of hydrazine groups is 1. The van der Waals surface area contributed by atoms with Crippen molar-refractivity contribution in [2.45, 2.75) is 45.8 Å². The third kappa shape index (κ3) is 5.51. The normalized spacial score (nSPS) is 12.3. The molecule has 2 rings (SSSR count). The molecule has 0 aliphatic carbocycles. The smallest absolute Gasteiger partial charge is 0.408 e. The molecular weight excluding hydrogens is 336 g/mol. The van der Waals surface area contributed by atoms with Crippen LogP contribution in [0.25, 0.3) is 10.9 Å². The number of carbonyl (C=O) groups excluding carboxylic acids is 3. The molecule has 8 nitrogen and oxygen atoms in total. The van der Waals surface area contributed by atoms with Crippen LogP contribution in [0.15, 0.2) is 30.5 Å². The monoisotopic (exact) mass is 360 g/mol. The lowest BCUT2D eigenvalue weighted by molar-refractivity contribution is -0.129. The fourth-order valence-electron chi connectivity index (χ4n) is 2.42. The number of benzene rings is 1. The molecule has 1 aromatic heterocycles. The highest BCUT2D eigenvalue weighted by atomic mass is 16.6. The van der Waals surface area contributed by atoms with Crippen LogP contribution in [0.3, 0.4) is 0 Å². The van der Waals surface area contributed by atoms with Crippen LogP contribution in [-0.4, -0.2) is 34.5 Å². The molecule has 1 atom stereocenters. The van der Waals surface area contributed by atoms with Gasteiger partial charge in [-0.3, -0.25) is 20.4 Å². The summed E-state index contributed by atoms with van der Waals surface area (Å²) in [5, 5.41) is 3.52. The Morgan fingerprint density at radius 1 is 1.15 bits per heavy atom. The molecule has 3 amide bonds. The van der Waals surface area contributed by atoms with Gasteiger partial charge in [0.25, 0.3) is 5.91 Å². The number of para-hydroxylation sites is 1. The number of amides is 3. The molecule has 1 aromatic carbocycles. The maximum absolute atomic E-state index is 12.4. The van der Waals surface area contributed by atoms with E-state index >= 15 is 0 Å². The summed E-state index contributed by atoms with van der Waals surface area (Å²) < 4.78 is 5.23. The Morgan fingerprint density at radius 2 is 1.85 bits per heavy atom. The van der Waals surface area contributed by atoms with Crippen molar-refractivity contribution in [1.29, 1.82) is 0 Å². The minimum Gasteiger partial charge on any atom is -0.444 e. The van der Waals surface area contributed by atoms with E-state index in [1.54, 1.807) is 27.0 Å². The lowest BCUT2D eigenvalue weighted by Crippen LogP contribution is -2.53. The van der Waals surface area contributed by atoms with E-state index in [0.717, 1.165) is 16.5 Å². The Kier molecular flexibility index (Phi) is 5.86. The van der Waals surface area contributed by atoms with Crippen molar-refractivity contribution >= 4 is 28.8 Å². The van der Waals surface area contributed by atoms with E-state index in [2.05, 4.69) is 21.2 Å². The highest BCUT2D eigenvalue weighted by Crippen LogP contribution is 2.19. The number of fused-ring (bicyclic) bond motifs is 1. The van der Waals surface area contributed by atoms with Crippen molar-refractivity contribution < 1.29 is 19.1 Å². The summed E-state index contributed by atoms with van der Waals surface area (Å²) in [7, 11) is 0. The van der Waals surface area contributed by atoms with Crippen molar-refractivity contribution in [2.24, 2.45) is 0 Å². The minimum absolute atomic E-state index is 0.231. The molecule has 0 saturated carbocycles. The van der Waals surface area contributed by atoms with Gasteiger partial charge in [0.1, 0.15) is 11.6 Å². The second-order valence-corrected chi connectivity index (χ2v) is 6.93. The molecule has 0 aliphatic heterocycles. The second-order valence-electron chi connectivity index (χ2n) is 6.93. The Bertz CT molecular complexity index is 807. The van der Waals surface area contributed by atoms with Crippen molar-refractivity contribution in [1.82, 2.24) is 21.2 Å². The number of hydrogen-bond donors (Lipinski definition) is 4. The Labute approximate surface area is 151 Å². The molecular formula is C18H24N4O4. The predicted octanol–water partition coefficient (Wildman–Crippen LogP) is 1.77. The van der Waals surface area contributed by atoms with Gasteiger partial charge in [0, 0.05) is 30.4 Å². The van der Waals surface area contributed by atoms with Crippen LogP contribution in [0.5, 0.6) is 0 Å². The summed E-state index contributed by atoms with van der Waals surface area (Å²) in [6.45, 7) is 6.48. The van der Waals surface area contributed by atoms with Crippen molar-refractivity contribution in [3.05, 3.63) is 36.0 Å². The molecule has 0 radical (unpaired) electrons. The first kappa shape index (κ1) is 19.3. The number of ether oxygens (including phenoxy) is 1. The van der Waals surface area contributed by atoms with Gasteiger partial charge in [-0.25, -0.2) is 4.79 Å². The summed E-state index contributed by atoms with van der Waals surface area (Å²) in [5.74, 6) is -0.960. The number of alkyl carbamates (subject to hydrolysis) is 1. The molecule has 0 spiro atoms. The van der Waals surface area contributed by atoms with Crippen LogP contribution >= 0.6 is 0 Å². The molecule has 1 unspecified atom stereocenters. The average Bonchev–Trinajstić information content (AvgIpc) is 2.93. The van der Waals surface area contributed by atoms with Crippen molar-refractivity contribution in [3.8, 4) is 0 Å². The van der Waals surface area contributed by atoms with Crippen LogP contribution in [0, 0.1) is 0 Å². The van der Waals surface area contributed by atoms with Crippen molar-refractivity contribution in [3.63, 3.8) is 0 Å². The van der Waals surface area contributed by atoms with Gasteiger partial charge in [0.05, 0.1) is 0 Å². The van der Waals surface area contributed by atoms with E-state index in [-0.39, 0.29) is 6.42 Å². The number of aromatic nitrogens is 1. The maximum atomic E-state index is 12.4. The first-order valence-electron chi connectivity index (χ1n) is 8.26. The van der Waals surface area contributed by atoms with Gasteiger partial charge in [-0.15, -0.1) is 0 Å². The number of nitrogens with one attached hydrogen (secondary N) is 4. The van der Waals surface area contributed by atoms with Gasteiger partial charge in [-0.2, -0.15) is 0 Å². The second kappa shape index (κ2) is 7.90. The number of H-pyrrole nitrogens is 1. The molecule has 0 saturated heterocycles. The molecule has 4 N–H and O–H groups in total. The highest BCUT2D eigenvalue weighted by Gasteiger charge is 2.25. The van der Waals surface area contributed by atoms with E-state index in [4.69, 9.17) is 4.74 Å². The van der Waals surface area contributed by atoms with Crippen molar-refractivity contribution in [2.75, 3.05) is 0 Å². The minimum atomic E-state index is -0.920. The van der Waals surface area contributed by atoms with Gasteiger partial charge < -0.3 is 15.0 Å². The average molecular weight is 360 g/mol. The summed E-state index contributed by atoms with van der Waals surface area (Å²) >= 11 is 0. The number of hydrogen-bond acceptors (Lipinski definition) is 4. The lowest BCUT2D eigenvalue weighted by atomic mass is 10.0. The molecule has 2 aromatic rings. The zero-order valence-corrected chi connectivity index (χ0v) is 15.3. The van der Waals surface area contributed by atoms with Gasteiger partial charge in [0.15, 0.2) is 0 Å². The van der Waals surface area contributed by atoms with E-state index in [1.807, 2.05) is 24.3 Å². The molecule has 140 valence electrons. The Balaban J connectivity index is 2.17. The third-order valence-electron chi connectivity index (χ3n) is 3.47. The Hall–Kier alpha value is -3.03. The zero-order valence-electron chi connectivity index (χ0n) is 15.3. The summed E-state index contributed by atoms with van der Waals surface area (Å²) in [5.41, 5.74) is 5.62. The van der Waals surface area contributed by atoms with Gasteiger partial charge >= 0.3 is 6.09 Å². The number of aromatic amines is 1. The number of rotatable bonds is 4. The largest absolute Gasteiger partial charge is 0.444 e. The molecule has 26 heavy (non-hydrogen) atoms. The highest BCUT2D eigenvalue weighted by molar-refractivity contribution is 5.89. The SMILES string of the molecule is CC(=O)NNC(=O)C(Cc1c[nH]c2ccccc12)NC(=O)OC(C)(C)C. The molecule has 0 bridgehead atoms. The molecule has 8 heteroatoms. The summed E-state index contributed by atoms with van der Waals surface area (Å²) in [6.07, 6.45) is 1.31. The van der Waals surface area contributed by atoms with E-state index in [1.165, 1.54) is 6.92 Å². The first-order chi connectivity index (χ1) is 12.2. The van der Waals surface area contributed by atoms with Crippen LogP contribution in [0.4, 0.5) is 4.79 Å². The van der Waals surface area contributed by atoms with Gasteiger partial charge in [0.2, 0.25) is 5.91 Å². The fourth-order valence-corrected chi connectivity index (χ4v) is 2.42. The van der Waals surface area contributed by atoms with Gasteiger partial charge in [-0.1, -0.05) is 18.2 Å². The Morgan fingerprint density at radius 3 is 2.50 bits per heavy atom. The number of carbonyl (C=O) groups is 3. The quantitative estimate of drug-likeness (QED) is 0.623. The van der Waals surface area contributed by atoms with E-state index in [0.29, 0.717) is 0 Å². The van der Waals surface area contributed by atoms with Crippen LogP contribution in [0.1, 0.15) is 33.3 Å². The maximum Gasteiger partial charge on any atom is 0.408 e. The molecule has 0 fully saturated rings. The molecule has 1 heterocycles. The van der Waals surface area contributed by atoms with Crippen LogP contribution in [0.2, 0.25) is 0 Å². The van der Waals surface area contributed by atoms with E-state index < -0.39 is 29.6 Å². The zero-order chi connectivity index (χ0) is 19.3. The van der Waals surface area contributed by atoms with Crippen LogP contribution in [-0.2, 0) is 20.7 Å². The summed E-state index contributed by atoms with van der Waals surface area (Å²) in [6, 6.07) is 6.73. The lowest BCUT2D eigenvalue weighted by Gasteiger charge is -2.23.